The number of hydrogen-bond donors (Lipinski definition) is 3. The van der Waals surface area contributed by atoms with Crippen molar-refractivity contribution in [1.29, 1.82) is 0 Å². The van der Waals surface area contributed by atoms with Crippen molar-refractivity contribution in [2.24, 2.45) is 0 Å². The van der Waals surface area contributed by atoms with Gasteiger partial charge >= 0.3 is 18.0 Å². The number of imidazole rings is 2. The van der Waals surface area contributed by atoms with Crippen LogP contribution in [-0.4, -0.2) is 114 Å². The number of aromatic hydroxyl groups is 2. The number of ketones is 2. The van der Waals surface area contributed by atoms with Crippen molar-refractivity contribution in [3.63, 3.8) is 0 Å². The number of aromatic amines is 1. The summed E-state index contributed by atoms with van der Waals surface area (Å²) in [7, 11) is 2.26. The van der Waals surface area contributed by atoms with Crippen LogP contribution in [0, 0.1) is 11.6 Å². The van der Waals surface area contributed by atoms with Gasteiger partial charge in [-0.1, -0.05) is 31.7 Å². The van der Waals surface area contributed by atoms with Crippen LogP contribution in [-0.2, 0) is 41.6 Å². The number of carbonyl (C=O) groups is 7. The number of esters is 2. The zero-order valence-corrected chi connectivity index (χ0v) is 35.3. The third-order valence-corrected chi connectivity index (χ3v) is 9.35. The van der Waals surface area contributed by atoms with Gasteiger partial charge in [0.2, 0.25) is 35.1 Å². The highest BCUT2D eigenvalue weighted by molar-refractivity contribution is 6.29. The van der Waals surface area contributed by atoms with E-state index < -0.39 is 52.8 Å². The first-order chi connectivity index (χ1) is 30.4. The number of likely N-dealkylation sites (tertiary alicyclic amines) is 1. The number of carbonyl (C=O) groups excluding carboxylic acids is 7. The molecule has 0 saturated carbocycles. The highest BCUT2D eigenvalue weighted by Crippen LogP contribution is 2.40. The van der Waals surface area contributed by atoms with Gasteiger partial charge in [-0.05, 0) is 69.0 Å². The predicted molar refractivity (Wildman–Crippen MR) is 223 cm³/mol. The highest BCUT2D eigenvalue weighted by Gasteiger charge is 2.40. The summed E-state index contributed by atoms with van der Waals surface area (Å²) < 4.78 is 46.5. The van der Waals surface area contributed by atoms with Crippen LogP contribution >= 0.6 is 0 Å². The Morgan fingerprint density at radius 2 is 1.28 bits per heavy atom. The van der Waals surface area contributed by atoms with Crippen molar-refractivity contribution in [2.75, 3.05) is 27.4 Å². The Bertz CT molecular complexity index is 2470. The van der Waals surface area contributed by atoms with Crippen molar-refractivity contribution in [1.82, 2.24) is 29.0 Å². The molecular formula is C44H48F2N6O13. The van der Waals surface area contributed by atoms with E-state index >= 15 is 0 Å². The van der Waals surface area contributed by atoms with Crippen LogP contribution in [0.3, 0.4) is 0 Å². The lowest BCUT2D eigenvalue weighted by molar-refractivity contribution is -0.139. The van der Waals surface area contributed by atoms with E-state index in [4.69, 9.17) is 9.47 Å². The second-order valence-electron chi connectivity index (χ2n) is 15.0. The fourth-order valence-corrected chi connectivity index (χ4v) is 6.25. The molecule has 5 heterocycles. The molecule has 5 aromatic rings. The van der Waals surface area contributed by atoms with Gasteiger partial charge in [-0.3, -0.25) is 28.6 Å². The molecule has 0 radical (unpaired) electrons. The molecule has 3 aromatic heterocycles. The summed E-state index contributed by atoms with van der Waals surface area (Å²) in [5.41, 5.74) is -0.746. The third kappa shape index (κ3) is 11.9. The van der Waals surface area contributed by atoms with E-state index in [0.717, 1.165) is 48.5 Å². The van der Waals surface area contributed by atoms with Crippen molar-refractivity contribution in [2.45, 2.75) is 72.6 Å². The molecular weight excluding hydrogens is 859 g/mol. The molecule has 1 aliphatic carbocycles. The monoisotopic (exact) mass is 906 g/mol. The molecule has 2 amide bonds. The van der Waals surface area contributed by atoms with Crippen LogP contribution < -0.4 is 0 Å². The molecule has 346 valence electrons. The number of nitrogens with zero attached hydrogens (tertiary/aromatic N) is 5. The SMILES string of the molecule is C.C1CCOC1.COC(=O)c1ncn(C(=O)OC(C)(C)C)c1C(=O)OC.O=C1CCC(=O)N1Cc1ccc(F)cc1.O=C1c2nc[nH]c2C(=O)c2c1c(O)n(Cc1ccc(F)cc1)c2O. The zero-order chi connectivity index (χ0) is 46.9. The minimum Gasteiger partial charge on any atom is -0.494 e. The van der Waals surface area contributed by atoms with E-state index in [9.17, 15) is 52.6 Å². The first-order valence-corrected chi connectivity index (χ1v) is 19.5. The number of imide groups is 1. The maximum atomic E-state index is 13.0. The number of fused-ring (bicyclic) bond motifs is 2. The van der Waals surface area contributed by atoms with Gasteiger partial charge in [0.05, 0.1) is 33.6 Å². The van der Waals surface area contributed by atoms with Gasteiger partial charge in [-0.15, -0.1) is 0 Å². The Morgan fingerprint density at radius 1 is 0.769 bits per heavy atom. The Balaban J connectivity index is 0.000000205. The zero-order valence-electron chi connectivity index (χ0n) is 35.3. The molecule has 0 atom stereocenters. The maximum absolute atomic E-state index is 13.0. The van der Waals surface area contributed by atoms with Gasteiger partial charge in [0.1, 0.15) is 46.1 Å². The smallest absolute Gasteiger partial charge is 0.420 e. The fourth-order valence-electron chi connectivity index (χ4n) is 6.25. The minimum absolute atomic E-state index is 0. The topological polar surface area (TPSA) is 252 Å². The summed E-state index contributed by atoms with van der Waals surface area (Å²) in [6.07, 6.45) is 4.50. The van der Waals surface area contributed by atoms with Crippen molar-refractivity contribution in [3.05, 3.63) is 118 Å². The Labute approximate surface area is 370 Å². The molecule has 2 aromatic carbocycles. The number of halogens is 2. The number of amides is 2. The first-order valence-electron chi connectivity index (χ1n) is 19.5. The lowest BCUT2D eigenvalue weighted by Crippen LogP contribution is -2.29. The molecule has 0 bridgehead atoms. The summed E-state index contributed by atoms with van der Waals surface area (Å²) in [4.78, 5) is 93.9. The van der Waals surface area contributed by atoms with Crippen LogP contribution in [0.2, 0.25) is 0 Å². The third-order valence-electron chi connectivity index (χ3n) is 9.35. The van der Waals surface area contributed by atoms with Gasteiger partial charge in [0, 0.05) is 26.1 Å². The molecule has 2 fully saturated rings. The Hall–Kier alpha value is -7.55. The summed E-state index contributed by atoms with van der Waals surface area (Å²) >= 11 is 0. The number of aromatic nitrogens is 5. The van der Waals surface area contributed by atoms with E-state index in [1.807, 2.05) is 0 Å². The normalized spacial score (nSPS) is 13.7. The molecule has 3 N–H and O–H groups in total. The quantitative estimate of drug-likeness (QED) is 0.103. The fraction of sp³-hybridized carbons (Fsp3) is 0.341. The molecule has 0 spiro atoms. The summed E-state index contributed by atoms with van der Waals surface area (Å²) in [5.74, 6) is -5.11. The molecule has 8 rings (SSSR count). The molecule has 3 aliphatic rings. The average Bonchev–Trinajstić information content (AvgIpc) is 4.13. The maximum Gasteiger partial charge on any atom is 0.420 e. The van der Waals surface area contributed by atoms with Gasteiger partial charge in [0.15, 0.2) is 11.4 Å². The number of nitrogens with one attached hydrogen (secondary N) is 1. The number of H-pyrrole nitrogens is 1. The van der Waals surface area contributed by atoms with E-state index in [1.165, 1.54) is 60.5 Å². The molecule has 19 nitrogen and oxygen atoms in total. The summed E-state index contributed by atoms with van der Waals surface area (Å²) in [6, 6.07) is 11.2. The second-order valence-corrected chi connectivity index (χ2v) is 15.0. The molecule has 0 unspecified atom stereocenters. The lowest BCUT2D eigenvalue weighted by atomic mass is 9.93. The van der Waals surface area contributed by atoms with Crippen molar-refractivity contribution >= 4 is 41.4 Å². The van der Waals surface area contributed by atoms with Crippen molar-refractivity contribution in [3.8, 4) is 11.8 Å². The summed E-state index contributed by atoms with van der Waals surface area (Å²) in [6.45, 7) is 7.22. The van der Waals surface area contributed by atoms with Crippen LogP contribution in [0.5, 0.6) is 11.8 Å². The van der Waals surface area contributed by atoms with E-state index in [0.29, 0.717) is 18.4 Å². The number of benzene rings is 2. The van der Waals surface area contributed by atoms with Crippen LogP contribution in [0.4, 0.5) is 13.6 Å². The van der Waals surface area contributed by atoms with Gasteiger partial charge in [-0.2, -0.15) is 0 Å². The molecule has 21 heteroatoms. The van der Waals surface area contributed by atoms with Gasteiger partial charge in [-0.25, -0.2) is 37.7 Å². The van der Waals surface area contributed by atoms with Crippen LogP contribution in [0.15, 0.2) is 61.2 Å². The van der Waals surface area contributed by atoms with Crippen LogP contribution in [0.25, 0.3) is 0 Å². The van der Waals surface area contributed by atoms with Gasteiger partial charge < -0.3 is 34.1 Å². The molecule has 65 heavy (non-hydrogen) atoms. The second kappa shape index (κ2) is 21.7. The predicted octanol–water partition coefficient (Wildman–Crippen LogP) is 5.73. The number of hydrogen-bond acceptors (Lipinski definition) is 15. The Kier molecular flexibility index (Phi) is 16.7. The molecule has 2 aliphatic heterocycles. The lowest BCUT2D eigenvalue weighted by Gasteiger charge is -2.19. The van der Waals surface area contributed by atoms with Crippen molar-refractivity contribution < 1.29 is 71.5 Å². The number of rotatable bonds is 6. The van der Waals surface area contributed by atoms with E-state index in [-0.39, 0.29) is 72.1 Å². The highest BCUT2D eigenvalue weighted by atomic mass is 19.1. The standard InChI is InChI=1S/C16H10FN3O4.C12H16N2O6.C11H10FNO2.C4H8O.CH4/c17-8-3-1-7(2-4-8)5-20-15(23)9-10(16(20)24)14(22)12-11(13(9)21)18-6-19-12;1-12(2,3)20-11(17)14-6-13-7(9(15)18-4)8(14)10(16)19-5;12-9-3-1-8(2-4-9)7-13-10(14)5-6-11(13)15;1-2-4-5-3-1;/h1-4,6,23-24H,5H2,(H,18,19);6H,1-5H3;1-4H,5-7H2;1-4H2;1H4. The Morgan fingerprint density at radius 3 is 1.75 bits per heavy atom. The summed E-state index contributed by atoms with van der Waals surface area (Å²) in [5, 5.41) is 20.7. The van der Waals surface area contributed by atoms with E-state index in [2.05, 4.69) is 24.4 Å². The van der Waals surface area contributed by atoms with Gasteiger partial charge in [0.25, 0.3) is 0 Å². The largest absolute Gasteiger partial charge is 0.494 e. The average molecular weight is 907 g/mol. The van der Waals surface area contributed by atoms with E-state index in [1.54, 1.807) is 32.9 Å². The van der Waals surface area contributed by atoms with Crippen LogP contribution in [0.1, 0.15) is 118 Å². The number of methoxy groups -OCH3 is 2. The minimum atomic E-state index is -0.895. The number of ether oxygens (including phenoxy) is 4. The first kappa shape index (κ1) is 50.1. The molecule has 2 saturated heterocycles.